The molecule has 16 heavy (non-hydrogen) atoms. The lowest BCUT2D eigenvalue weighted by Crippen LogP contribution is -2.27. The molecule has 1 fully saturated rings. The molecule has 1 aliphatic rings. The number of hydrogen-bond donors (Lipinski definition) is 0. The van der Waals surface area contributed by atoms with E-state index in [4.69, 9.17) is 16.6 Å². The van der Waals surface area contributed by atoms with Crippen molar-refractivity contribution >= 4 is 33.7 Å². The van der Waals surface area contributed by atoms with Gasteiger partial charge >= 0.3 is 0 Å². The summed E-state index contributed by atoms with van der Waals surface area (Å²) in [6, 6.07) is 0.589. The molecule has 0 radical (unpaired) electrons. The van der Waals surface area contributed by atoms with Crippen LogP contribution >= 0.6 is 22.9 Å². The molecule has 3 heterocycles. The van der Waals surface area contributed by atoms with Crippen molar-refractivity contribution in [2.75, 3.05) is 11.4 Å². The molecular weight excluding hydrogens is 242 g/mol. The van der Waals surface area contributed by atoms with Gasteiger partial charge in [0.2, 0.25) is 0 Å². The van der Waals surface area contributed by atoms with Gasteiger partial charge < -0.3 is 4.90 Å². The van der Waals surface area contributed by atoms with E-state index < -0.39 is 0 Å². The number of rotatable bonds is 2. The third kappa shape index (κ3) is 1.44. The lowest BCUT2D eigenvalue weighted by molar-refractivity contribution is 0.726. The number of aromatic nitrogens is 2. The SMILES string of the molecule is CC1CCCN1c1nc2sccn2c1CCl. The third-order valence-corrected chi connectivity index (χ3v) is 4.30. The van der Waals surface area contributed by atoms with E-state index in [2.05, 4.69) is 27.8 Å². The Morgan fingerprint density at radius 2 is 2.50 bits per heavy atom. The van der Waals surface area contributed by atoms with Crippen LogP contribution in [0.1, 0.15) is 25.5 Å². The molecule has 1 saturated heterocycles. The van der Waals surface area contributed by atoms with Gasteiger partial charge in [-0.05, 0) is 19.8 Å². The zero-order valence-corrected chi connectivity index (χ0v) is 10.8. The number of nitrogens with zero attached hydrogens (tertiary/aromatic N) is 3. The molecule has 0 saturated carbocycles. The molecule has 86 valence electrons. The van der Waals surface area contributed by atoms with Crippen LogP contribution in [0.25, 0.3) is 4.96 Å². The summed E-state index contributed by atoms with van der Waals surface area (Å²) in [7, 11) is 0. The lowest BCUT2D eigenvalue weighted by Gasteiger charge is -2.22. The molecule has 3 nitrogen and oxygen atoms in total. The molecular formula is C11H14ClN3S. The minimum atomic E-state index is 0.524. The van der Waals surface area contributed by atoms with Crippen LogP contribution in [0.4, 0.5) is 5.82 Å². The van der Waals surface area contributed by atoms with E-state index >= 15 is 0 Å². The molecule has 0 amide bonds. The van der Waals surface area contributed by atoms with Gasteiger partial charge in [0, 0.05) is 24.2 Å². The fourth-order valence-corrected chi connectivity index (χ4v) is 3.40. The van der Waals surface area contributed by atoms with Crippen LogP contribution in [0.2, 0.25) is 0 Å². The van der Waals surface area contributed by atoms with Crippen molar-refractivity contribution in [1.82, 2.24) is 9.38 Å². The number of anilines is 1. The van der Waals surface area contributed by atoms with E-state index in [1.54, 1.807) is 11.3 Å². The van der Waals surface area contributed by atoms with Gasteiger partial charge in [0.1, 0.15) is 0 Å². The van der Waals surface area contributed by atoms with Crippen LogP contribution in [-0.2, 0) is 5.88 Å². The Balaban J connectivity index is 2.11. The number of thiazole rings is 1. The molecule has 3 rings (SSSR count). The molecule has 0 N–H and O–H groups in total. The summed E-state index contributed by atoms with van der Waals surface area (Å²) in [6.45, 7) is 3.37. The predicted octanol–water partition coefficient (Wildman–Crippen LogP) is 3.12. The summed E-state index contributed by atoms with van der Waals surface area (Å²) >= 11 is 7.72. The third-order valence-electron chi connectivity index (χ3n) is 3.29. The first kappa shape index (κ1) is 10.4. The highest BCUT2D eigenvalue weighted by Crippen LogP contribution is 2.31. The van der Waals surface area contributed by atoms with E-state index in [0.717, 1.165) is 23.0 Å². The fraction of sp³-hybridized carbons (Fsp3) is 0.545. The van der Waals surface area contributed by atoms with Gasteiger partial charge in [0.05, 0.1) is 11.6 Å². The van der Waals surface area contributed by atoms with Gasteiger partial charge in [-0.1, -0.05) is 0 Å². The molecule has 0 bridgehead atoms. The van der Waals surface area contributed by atoms with E-state index in [1.165, 1.54) is 12.8 Å². The Morgan fingerprint density at radius 3 is 3.19 bits per heavy atom. The second-order valence-electron chi connectivity index (χ2n) is 4.26. The maximum absolute atomic E-state index is 6.05. The van der Waals surface area contributed by atoms with E-state index in [1.807, 2.05) is 0 Å². The van der Waals surface area contributed by atoms with Crippen LogP contribution in [-0.4, -0.2) is 22.0 Å². The minimum absolute atomic E-state index is 0.524. The highest BCUT2D eigenvalue weighted by atomic mass is 35.5. The van der Waals surface area contributed by atoms with Crippen molar-refractivity contribution in [1.29, 1.82) is 0 Å². The maximum atomic E-state index is 6.05. The Labute approximate surface area is 104 Å². The molecule has 5 heteroatoms. The molecule has 1 unspecified atom stereocenters. The van der Waals surface area contributed by atoms with Gasteiger partial charge in [0.25, 0.3) is 0 Å². The van der Waals surface area contributed by atoms with Crippen molar-refractivity contribution < 1.29 is 0 Å². The summed E-state index contributed by atoms with van der Waals surface area (Å²) in [4.78, 5) is 8.13. The average Bonchev–Trinajstić information content (AvgIpc) is 2.90. The predicted molar refractivity (Wildman–Crippen MR) is 68.7 cm³/mol. The first-order chi connectivity index (χ1) is 7.81. The van der Waals surface area contributed by atoms with Crippen LogP contribution in [0.15, 0.2) is 11.6 Å². The molecule has 0 aliphatic carbocycles. The highest BCUT2D eigenvalue weighted by molar-refractivity contribution is 7.15. The second-order valence-corrected chi connectivity index (χ2v) is 5.40. The summed E-state index contributed by atoms with van der Waals surface area (Å²) < 4.78 is 2.11. The Kier molecular flexibility index (Phi) is 2.56. The zero-order chi connectivity index (χ0) is 11.1. The fourth-order valence-electron chi connectivity index (χ4n) is 2.42. The molecule has 2 aromatic rings. The first-order valence-corrected chi connectivity index (χ1v) is 6.99. The number of imidazole rings is 1. The maximum Gasteiger partial charge on any atom is 0.195 e. The van der Waals surface area contributed by atoms with Crippen molar-refractivity contribution in [3.63, 3.8) is 0 Å². The van der Waals surface area contributed by atoms with Crippen LogP contribution in [0.3, 0.4) is 0 Å². The lowest BCUT2D eigenvalue weighted by atomic mass is 10.2. The minimum Gasteiger partial charge on any atom is -0.352 e. The summed E-state index contributed by atoms with van der Waals surface area (Å²) in [5.74, 6) is 1.61. The molecule has 2 aromatic heterocycles. The Morgan fingerprint density at radius 1 is 1.62 bits per heavy atom. The van der Waals surface area contributed by atoms with E-state index in [0.29, 0.717) is 11.9 Å². The summed E-state index contributed by atoms with van der Waals surface area (Å²) in [5.41, 5.74) is 1.13. The molecule has 0 aromatic carbocycles. The number of alkyl halides is 1. The second kappa shape index (κ2) is 3.93. The van der Waals surface area contributed by atoms with Crippen LogP contribution < -0.4 is 4.90 Å². The number of fused-ring (bicyclic) bond motifs is 1. The van der Waals surface area contributed by atoms with Crippen molar-refractivity contribution in [3.05, 3.63) is 17.3 Å². The van der Waals surface area contributed by atoms with Crippen LogP contribution in [0.5, 0.6) is 0 Å². The highest BCUT2D eigenvalue weighted by Gasteiger charge is 2.26. The van der Waals surface area contributed by atoms with Crippen molar-refractivity contribution in [2.24, 2.45) is 0 Å². The summed E-state index contributed by atoms with van der Waals surface area (Å²) in [6.07, 6.45) is 4.57. The zero-order valence-electron chi connectivity index (χ0n) is 9.19. The normalized spacial score (nSPS) is 21.1. The summed E-state index contributed by atoms with van der Waals surface area (Å²) in [5, 5.41) is 2.05. The van der Waals surface area contributed by atoms with Crippen molar-refractivity contribution in [3.8, 4) is 0 Å². The first-order valence-electron chi connectivity index (χ1n) is 5.58. The van der Waals surface area contributed by atoms with Crippen molar-refractivity contribution in [2.45, 2.75) is 31.7 Å². The smallest absolute Gasteiger partial charge is 0.195 e. The topological polar surface area (TPSA) is 20.5 Å². The monoisotopic (exact) mass is 255 g/mol. The van der Waals surface area contributed by atoms with Gasteiger partial charge in [-0.2, -0.15) is 0 Å². The number of hydrogen-bond acceptors (Lipinski definition) is 3. The van der Waals surface area contributed by atoms with E-state index in [9.17, 15) is 0 Å². The van der Waals surface area contributed by atoms with E-state index in [-0.39, 0.29) is 0 Å². The Bertz CT molecular complexity index is 504. The number of halogens is 1. The standard InChI is InChI=1S/C11H14ClN3S/c1-8-3-2-4-14(8)10-9(7-12)15-5-6-16-11(15)13-10/h5-6,8H,2-4,7H2,1H3. The average molecular weight is 256 g/mol. The van der Waals surface area contributed by atoms with Crippen LogP contribution in [0, 0.1) is 0 Å². The largest absolute Gasteiger partial charge is 0.352 e. The molecule has 1 atom stereocenters. The molecule has 1 aliphatic heterocycles. The van der Waals surface area contributed by atoms with Gasteiger partial charge in [-0.3, -0.25) is 4.40 Å². The van der Waals surface area contributed by atoms with Gasteiger partial charge in [0.15, 0.2) is 10.8 Å². The van der Waals surface area contributed by atoms with Gasteiger partial charge in [-0.15, -0.1) is 22.9 Å². The molecule has 0 spiro atoms. The quantitative estimate of drug-likeness (QED) is 0.769. The Hall–Kier alpha value is -0.740. The van der Waals surface area contributed by atoms with Gasteiger partial charge in [-0.25, -0.2) is 4.98 Å².